The van der Waals surface area contributed by atoms with Crippen LogP contribution in [0.25, 0.3) is 11.1 Å². The topological polar surface area (TPSA) is 43.1 Å². The van der Waals surface area contributed by atoms with E-state index in [2.05, 4.69) is 11.4 Å². The van der Waals surface area contributed by atoms with Gasteiger partial charge in [0.1, 0.15) is 0 Å². The molecule has 1 aromatic carbocycles. The zero-order valence-electron chi connectivity index (χ0n) is 8.14. The van der Waals surface area contributed by atoms with Crippen molar-refractivity contribution in [2.24, 2.45) is 0 Å². The highest BCUT2D eigenvalue weighted by Gasteiger charge is 2.05. The molecule has 15 heavy (non-hydrogen) atoms. The number of nitro groups is 1. The molecule has 0 aliphatic heterocycles. The SMILES string of the molecule is Cc1cc(-c2ccc([N+](=O)[O-])cc2)cs1. The van der Waals surface area contributed by atoms with Crippen LogP contribution in [0.2, 0.25) is 0 Å². The molecule has 4 heteroatoms. The second-order valence-corrected chi connectivity index (χ2v) is 4.37. The van der Waals surface area contributed by atoms with E-state index in [1.165, 1.54) is 17.0 Å². The monoisotopic (exact) mass is 219 g/mol. The number of hydrogen-bond acceptors (Lipinski definition) is 3. The standard InChI is InChI=1S/C11H9NO2S/c1-8-6-10(7-15-8)9-2-4-11(5-3-9)12(13)14/h2-7H,1H3. The number of nitrogens with zero attached hydrogens (tertiary/aromatic N) is 1. The summed E-state index contributed by atoms with van der Waals surface area (Å²) in [6.07, 6.45) is 0. The van der Waals surface area contributed by atoms with Crippen molar-refractivity contribution < 1.29 is 4.92 Å². The van der Waals surface area contributed by atoms with Gasteiger partial charge in [0, 0.05) is 17.0 Å². The minimum Gasteiger partial charge on any atom is -0.258 e. The normalized spacial score (nSPS) is 10.2. The predicted molar refractivity (Wildman–Crippen MR) is 61.1 cm³/mol. The quantitative estimate of drug-likeness (QED) is 0.571. The third-order valence-electron chi connectivity index (χ3n) is 2.14. The highest BCUT2D eigenvalue weighted by molar-refractivity contribution is 7.10. The van der Waals surface area contributed by atoms with E-state index in [0.29, 0.717) is 0 Å². The van der Waals surface area contributed by atoms with Crippen LogP contribution in [0.3, 0.4) is 0 Å². The lowest BCUT2D eigenvalue weighted by atomic mass is 10.1. The Morgan fingerprint density at radius 3 is 2.33 bits per heavy atom. The molecule has 0 spiro atoms. The Kier molecular flexibility index (Phi) is 2.51. The summed E-state index contributed by atoms with van der Waals surface area (Å²) in [6.45, 7) is 2.04. The Bertz CT molecular complexity index is 488. The van der Waals surface area contributed by atoms with Gasteiger partial charge < -0.3 is 0 Å². The van der Waals surface area contributed by atoms with Crippen LogP contribution < -0.4 is 0 Å². The van der Waals surface area contributed by atoms with E-state index in [9.17, 15) is 10.1 Å². The molecule has 0 saturated heterocycles. The van der Waals surface area contributed by atoms with Gasteiger partial charge in [0.2, 0.25) is 0 Å². The summed E-state index contributed by atoms with van der Waals surface area (Å²) in [5.41, 5.74) is 2.27. The van der Waals surface area contributed by atoms with Gasteiger partial charge in [-0.15, -0.1) is 11.3 Å². The molecule has 0 radical (unpaired) electrons. The van der Waals surface area contributed by atoms with Crippen molar-refractivity contribution in [2.75, 3.05) is 0 Å². The Morgan fingerprint density at radius 1 is 1.20 bits per heavy atom. The van der Waals surface area contributed by atoms with Crippen molar-refractivity contribution in [3.05, 3.63) is 50.7 Å². The van der Waals surface area contributed by atoms with Gasteiger partial charge in [0.15, 0.2) is 0 Å². The van der Waals surface area contributed by atoms with Crippen LogP contribution >= 0.6 is 11.3 Å². The van der Waals surface area contributed by atoms with Gasteiger partial charge in [-0.25, -0.2) is 0 Å². The maximum Gasteiger partial charge on any atom is 0.269 e. The van der Waals surface area contributed by atoms with Crippen molar-refractivity contribution in [3.8, 4) is 11.1 Å². The fourth-order valence-corrected chi connectivity index (χ4v) is 2.08. The summed E-state index contributed by atoms with van der Waals surface area (Å²) >= 11 is 1.68. The van der Waals surface area contributed by atoms with Gasteiger partial charge >= 0.3 is 0 Å². The van der Waals surface area contributed by atoms with Crippen LogP contribution in [0.1, 0.15) is 4.88 Å². The number of aryl methyl sites for hydroxylation is 1. The van der Waals surface area contributed by atoms with Gasteiger partial charge in [0.25, 0.3) is 5.69 Å². The van der Waals surface area contributed by atoms with Crippen LogP contribution in [-0.4, -0.2) is 4.92 Å². The summed E-state index contributed by atoms with van der Waals surface area (Å²) in [5.74, 6) is 0. The molecule has 0 aliphatic rings. The molecule has 1 aromatic heterocycles. The van der Waals surface area contributed by atoms with Crippen molar-refractivity contribution >= 4 is 17.0 Å². The molecular weight excluding hydrogens is 210 g/mol. The molecule has 3 nitrogen and oxygen atoms in total. The fourth-order valence-electron chi connectivity index (χ4n) is 1.37. The van der Waals surface area contributed by atoms with E-state index >= 15 is 0 Å². The summed E-state index contributed by atoms with van der Waals surface area (Å²) in [4.78, 5) is 11.3. The van der Waals surface area contributed by atoms with E-state index in [1.54, 1.807) is 23.5 Å². The van der Waals surface area contributed by atoms with Gasteiger partial charge in [-0.3, -0.25) is 10.1 Å². The number of non-ortho nitro benzene ring substituents is 1. The van der Waals surface area contributed by atoms with Crippen molar-refractivity contribution in [3.63, 3.8) is 0 Å². The van der Waals surface area contributed by atoms with E-state index in [-0.39, 0.29) is 10.6 Å². The van der Waals surface area contributed by atoms with Gasteiger partial charge in [-0.1, -0.05) is 0 Å². The van der Waals surface area contributed by atoms with Gasteiger partial charge in [-0.05, 0) is 41.6 Å². The molecule has 0 bridgehead atoms. The Morgan fingerprint density at radius 2 is 1.87 bits per heavy atom. The summed E-state index contributed by atoms with van der Waals surface area (Å²) < 4.78 is 0. The molecule has 2 aromatic rings. The third kappa shape index (κ3) is 2.05. The highest BCUT2D eigenvalue weighted by Crippen LogP contribution is 2.26. The number of thiophene rings is 1. The van der Waals surface area contributed by atoms with Crippen LogP contribution in [0, 0.1) is 17.0 Å². The molecule has 2 rings (SSSR count). The fraction of sp³-hybridized carbons (Fsp3) is 0.0909. The second kappa shape index (κ2) is 3.82. The Balaban J connectivity index is 2.35. The highest BCUT2D eigenvalue weighted by atomic mass is 32.1. The molecular formula is C11H9NO2S. The first-order valence-electron chi connectivity index (χ1n) is 4.47. The number of nitro benzene ring substituents is 1. The second-order valence-electron chi connectivity index (χ2n) is 3.25. The van der Waals surface area contributed by atoms with E-state index < -0.39 is 0 Å². The average molecular weight is 219 g/mol. The van der Waals surface area contributed by atoms with Gasteiger partial charge in [0.05, 0.1) is 4.92 Å². The summed E-state index contributed by atoms with van der Waals surface area (Å²) in [7, 11) is 0. The van der Waals surface area contributed by atoms with Crippen molar-refractivity contribution in [1.29, 1.82) is 0 Å². The maximum atomic E-state index is 10.5. The first-order valence-corrected chi connectivity index (χ1v) is 5.35. The van der Waals surface area contributed by atoms with E-state index in [0.717, 1.165) is 11.1 Å². The lowest BCUT2D eigenvalue weighted by molar-refractivity contribution is -0.384. The molecule has 0 saturated carbocycles. The molecule has 76 valence electrons. The molecule has 0 atom stereocenters. The summed E-state index contributed by atoms with van der Waals surface area (Å²) in [5, 5.41) is 12.5. The van der Waals surface area contributed by atoms with Crippen LogP contribution in [-0.2, 0) is 0 Å². The third-order valence-corrected chi connectivity index (χ3v) is 3.00. The Labute approximate surface area is 91.1 Å². The van der Waals surface area contributed by atoms with Crippen molar-refractivity contribution in [2.45, 2.75) is 6.92 Å². The van der Waals surface area contributed by atoms with E-state index in [4.69, 9.17) is 0 Å². The Hall–Kier alpha value is -1.68. The van der Waals surface area contributed by atoms with E-state index in [1.807, 2.05) is 6.92 Å². The summed E-state index contributed by atoms with van der Waals surface area (Å²) in [6, 6.07) is 8.69. The minimum absolute atomic E-state index is 0.130. The maximum absolute atomic E-state index is 10.5. The first kappa shape index (κ1) is 9.86. The molecule has 0 fully saturated rings. The smallest absolute Gasteiger partial charge is 0.258 e. The molecule has 1 heterocycles. The average Bonchev–Trinajstić information content (AvgIpc) is 2.65. The van der Waals surface area contributed by atoms with Crippen LogP contribution in [0.5, 0.6) is 0 Å². The number of hydrogen-bond donors (Lipinski definition) is 0. The van der Waals surface area contributed by atoms with Crippen LogP contribution in [0.15, 0.2) is 35.7 Å². The molecule has 0 N–H and O–H groups in total. The minimum atomic E-state index is -0.386. The number of rotatable bonds is 2. The van der Waals surface area contributed by atoms with Crippen LogP contribution in [0.4, 0.5) is 5.69 Å². The number of benzene rings is 1. The van der Waals surface area contributed by atoms with Gasteiger partial charge in [-0.2, -0.15) is 0 Å². The lowest BCUT2D eigenvalue weighted by Crippen LogP contribution is -1.86. The molecule has 0 unspecified atom stereocenters. The first-order chi connectivity index (χ1) is 7.16. The van der Waals surface area contributed by atoms with Crippen molar-refractivity contribution in [1.82, 2.24) is 0 Å². The zero-order chi connectivity index (χ0) is 10.8. The molecule has 0 aliphatic carbocycles. The zero-order valence-corrected chi connectivity index (χ0v) is 8.95. The predicted octanol–water partition coefficient (Wildman–Crippen LogP) is 3.63. The molecule has 0 amide bonds. The lowest BCUT2D eigenvalue weighted by Gasteiger charge is -1.96. The largest absolute Gasteiger partial charge is 0.269 e.